The Labute approximate surface area is 213 Å². The van der Waals surface area contributed by atoms with Crippen LogP contribution in [0.25, 0.3) is 0 Å². The summed E-state index contributed by atoms with van der Waals surface area (Å²) in [5, 5.41) is 0. The number of benzene rings is 2. The van der Waals surface area contributed by atoms with E-state index in [1.807, 2.05) is 11.8 Å². The zero-order valence-corrected chi connectivity index (χ0v) is 21.1. The lowest BCUT2D eigenvalue weighted by atomic mass is 9.95. The van der Waals surface area contributed by atoms with Gasteiger partial charge in [0.1, 0.15) is 5.75 Å². The molecule has 5 rings (SSSR count). The number of hydrogen-bond donors (Lipinski definition) is 0. The van der Waals surface area contributed by atoms with Gasteiger partial charge in [-0.2, -0.15) is 0 Å². The highest BCUT2D eigenvalue weighted by Crippen LogP contribution is 2.31. The molecule has 190 valence electrons. The minimum absolute atomic E-state index is 0.0641. The SMILES string of the molecule is CCOc1ccc(N2C(=O)c3ccc(C(=O)N4CCC(CN5CCCCCC5)CC4)cc3C2=O)cc1. The van der Waals surface area contributed by atoms with E-state index in [1.165, 1.54) is 43.7 Å². The molecule has 0 aliphatic carbocycles. The molecule has 7 nitrogen and oxygen atoms in total. The van der Waals surface area contributed by atoms with Crippen LogP contribution in [0.1, 0.15) is 76.5 Å². The van der Waals surface area contributed by atoms with Gasteiger partial charge in [0, 0.05) is 25.2 Å². The molecule has 0 radical (unpaired) electrons. The predicted molar refractivity (Wildman–Crippen MR) is 139 cm³/mol. The van der Waals surface area contributed by atoms with Crippen molar-refractivity contribution in [2.45, 2.75) is 45.4 Å². The monoisotopic (exact) mass is 489 g/mol. The third-order valence-corrected chi connectivity index (χ3v) is 7.66. The fourth-order valence-electron chi connectivity index (χ4n) is 5.65. The summed E-state index contributed by atoms with van der Waals surface area (Å²) in [6, 6.07) is 11.8. The molecule has 0 bridgehead atoms. The van der Waals surface area contributed by atoms with Crippen LogP contribution in [0.15, 0.2) is 42.5 Å². The molecule has 36 heavy (non-hydrogen) atoms. The number of fused-ring (bicyclic) bond motifs is 1. The van der Waals surface area contributed by atoms with Gasteiger partial charge in [0.25, 0.3) is 17.7 Å². The molecule has 0 aromatic heterocycles. The molecule has 2 saturated heterocycles. The lowest BCUT2D eigenvalue weighted by molar-refractivity contribution is 0.0667. The van der Waals surface area contributed by atoms with Crippen LogP contribution < -0.4 is 9.64 Å². The second kappa shape index (κ2) is 10.8. The van der Waals surface area contributed by atoms with Crippen molar-refractivity contribution in [2.24, 2.45) is 5.92 Å². The molecule has 2 fully saturated rings. The molecule has 0 saturated carbocycles. The average Bonchev–Trinajstić information content (AvgIpc) is 3.05. The number of nitrogens with zero attached hydrogens (tertiary/aromatic N) is 3. The number of hydrogen-bond acceptors (Lipinski definition) is 5. The van der Waals surface area contributed by atoms with Crippen LogP contribution in [-0.2, 0) is 0 Å². The van der Waals surface area contributed by atoms with Gasteiger partial charge in [-0.15, -0.1) is 0 Å². The molecular formula is C29H35N3O4. The minimum Gasteiger partial charge on any atom is -0.494 e. The summed E-state index contributed by atoms with van der Waals surface area (Å²) >= 11 is 0. The van der Waals surface area contributed by atoms with E-state index in [9.17, 15) is 14.4 Å². The first-order valence-electron chi connectivity index (χ1n) is 13.3. The van der Waals surface area contributed by atoms with Crippen molar-refractivity contribution in [3.05, 3.63) is 59.2 Å². The Morgan fingerprint density at radius 1 is 0.861 bits per heavy atom. The van der Waals surface area contributed by atoms with E-state index in [1.54, 1.807) is 42.5 Å². The molecule has 7 heteroatoms. The topological polar surface area (TPSA) is 70.2 Å². The summed E-state index contributed by atoms with van der Waals surface area (Å²) in [5.41, 5.74) is 1.58. The highest BCUT2D eigenvalue weighted by Gasteiger charge is 2.37. The first kappa shape index (κ1) is 24.5. The maximum Gasteiger partial charge on any atom is 0.266 e. The highest BCUT2D eigenvalue weighted by molar-refractivity contribution is 6.34. The summed E-state index contributed by atoms with van der Waals surface area (Å²) in [6.45, 7) is 7.45. The number of amides is 3. The Balaban J connectivity index is 1.23. The largest absolute Gasteiger partial charge is 0.494 e. The third-order valence-electron chi connectivity index (χ3n) is 7.66. The Bertz CT molecular complexity index is 1110. The predicted octanol–water partition coefficient (Wildman–Crippen LogP) is 4.61. The van der Waals surface area contributed by atoms with Crippen molar-refractivity contribution in [2.75, 3.05) is 44.2 Å². The zero-order valence-electron chi connectivity index (χ0n) is 21.1. The fourth-order valence-corrected chi connectivity index (χ4v) is 5.65. The second-order valence-corrected chi connectivity index (χ2v) is 10.1. The van der Waals surface area contributed by atoms with Gasteiger partial charge in [-0.1, -0.05) is 12.8 Å². The number of ether oxygens (including phenoxy) is 1. The van der Waals surface area contributed by atoms with Gasteiger partial charge in [-0.05, 0) is 94.1 Å². The molecule has 2 aromatic rings. The molecule has 0 N–H and O–H groups in total. The second-order valence-electron chi connectivity index (χ2n) is 10.1. The summed E-state index contributed by atoms with van der Waals surface area (Å²) in [6.07, 6.45) is 7.30. The fraction of sp³-hybridized carbons (Fsp3) is 0.483. The van der Waals surface area contributed by atoms with Crippen molar-refractivity contribution in [3.63, 3.8) is 0 Å². The zero-order chi connectivity index (χ0) is 25.1. The maximum absolute atomic E-state index is 13.3. The average molecular weight is 490 g/mol. The Kier molecular flexibility index (Phi) is 7.37. The number of imide groups is 1. The third kappa shape index (κ3) is 5.03. The van der Waals surface area contributed by atoms with Crippen molar-refractivity contribution < 1.29 is 19.1 Å². The Morgan fingerprint density at radius 2 is 1.53 bits per heavy atom. The molecule has 0 spiro atoms. The Morgan fingerprint density at radius 3 is 2.19 bits per heavy atom. The van der Waals surface area contributed by atoms with E-state index in [0.29, 0.717) is 35.1 Å². The first-order valence-corrected chi connectivity index (χ1v) is 13.3. The minimum atomic E-state index is -0.398. The van der Waals surface area contributed by atoms with Crippen molar-refractivity contribution in [3.8, 4) is 5.75 Å². The van der Waals surface area contributed by atoms with Crippen molar-refractivity contribution >= 4 is 23.4 Å². The maximum atomic E-state index is 13.3. The molecule has 0 unspecified atom stereocenters. The number of piperidine rings is 1. The van der Waals surface area contributed by atoms with Crippen LogP contribution in [0.5, 0.6) is 5.75 Å². The summed E-state index contributed by atoms with van der Waals surface area (Å²) in [7, 11) is 0. The number of carbonyl (C=O) groups is 3. The van der Waals surface area contributed by atoms with Crippen LogP contribution in [0, 0.1) is 5.92 Å². The standard InChI is InChI=1S/C29H35N3O4/c1-2-36-24-10-8-23(9-11-24)32-28(34)25-12-7-22(19-26(25)29(32)35)27(33)31-17-13-21(14-18-31)20-30-15-5-3-4-6-16-30/h7-12,19,21H,2-6,13-18,20H2,1H3. The molecule has 2 aromatic carbocycles. The van der Waals surface area contributed by atoms with Crippen LogP contribution in [0.3, 0.4) is 0 Å². The number of likely N-dealkylation sites (tertiary alicyclic amines) is 2. The van der Waals surface area contributed by atoms with E-state index in [0.717, 1.165) is 32.5 Å². The summed E-state index contributed by atoms with van der Waals surface area (Å²) in [4.78, 5) is 45.1. The molecule has 3 aliphatic heterocycles. The van der Waals surface area contributed by atoms with E-state index in [2.05, 4.69) is 4.90 Å². The van der Waals surface area contributed by atoms with Crippen molar-refractivity contribution in [1.29, 1.82) is 0 Å². The van der Waals surface area contributed by atoms with E-state index in [-0.39, 0.29) is 17.4 Å². The van der Waals surface area contributed by atoms with Crippen LogP contribution >= 0.6 is 0 Å². The van der Waals surface area contributed by atoms with Gasteiger partial charge in [0.05, 0.1) is 23.4 Å². The molecule has 3 amide bonds. The van der Waals surface area contributed by atoms with E-state index < -0.39 is 5.91 Å². The number of rotatable bonds is 6. The van der Waals surface area contributed by atoms with Gasteiger partial charge < -0.3 is 14.5 Å². The van der Waals surface area contributed by atoms with Gasteiger partial charge in [0.15, 0.2) is 0 Å². The first-order chi connectivity index (χ1) is 17.5. The van der Waals surface area contributed by atoms with E-state index in [4.69, 9.17) is 4.74 Å². The van der Waals surface area contributed by atoms with Crippen LogP contribution in [0.4, 0.5) is 5.69 Å². The van der Waals surface area contributed by atoms with Gasteiger partial charge in [0.2, 0.25) is 0 Å². The quantitative estimate of drug-likeness (QED) is 0.554. The Hall–Kier alpha value is -3.19. The van der Waals surface area contributed by atoms with Crippen LogP contribution in [-0.4, -0.2) is 66.9 Å². The van der Waals surface area contributed by atoms with Crippen molar-refractivity contribution in [1.82, 2.24) is 9.80 Å². The summed E-state index contributed by atoms with van der Waals surface area (Å²) < 4.78 is 5.46. The van der Waals surface area contributed by atoms with Gasteiger partial charge in [-0.25, -0.2) is 4.90 Å². The lowest BCUT2D eigenvalue weighted by Gasteiger charge is -2.34. The van der Waals surface area contributed by atoms with Gasteiger partial charge >= 0.3 is 0 Å². The molecular weight excluding hydrogens is 454 g/mol. The van der Waals surface area contributed by atoms with Crippen LogP contribution in [0.2, 0.25) is 0 Å². The smallest absolute Gasteiger partial charge is 0.266 e. The van der Waals surface area contributed by atoms with Gasteiger partial charge in [-0.3, -0.25) is 14.4 Å². The number of anilines is 1. The molecule has 0 atom stereocenters. The highest BCUT2D eigenvalue weighted by atomic mass is 16.5. The molecule has 3 aliphatic rings. The number of carbonyl (C=O) groups excluding carboxylic acids is 3. The lowest BCUT2D eigenvalue weighted by Crippen LogP contribution is -2.41. The summed E-state index contributed by atoms with van der Waals surface area (Å²) in [5.74, 6) is 0.484. The normalized spacial score (nSPS) is 19.4. The molecule has 3 heterocycles. The van der Waals surface area contributed by atoms with E-state index >= 15 is 0 Å².